The monoisotopic (exact) mass is 334 g/mol. The maximum Gasteiger partial charge on any atom is 0.224 e. The Morgan fingerprint density at radius 1 is 1.28 bits per heavy atom. The molecule has 4 rings (SSSR count). The number of fused-ring (bicyclic) bond motifs is 1. The van der Waals surface area contributed by atoms with Crippen molar-refractivity contribution in [2.45, 2.75) is 19.5 Å². The number of hydrogen-bond acceptors (Lipinski definition) is 5. The quantitative estimate of drug-likeness (QED) is 0.900. The van der Waals surface area contributed by atoms with Crippen molar-refractivity contribution < 1.29 is 9.21 Å². The van der Waals surface area contributed by atoms with E-state index in [2.05, 4.69) is 15.6 Å². The Kier molecular flexibility index (Phi) is 3.85. The molecule has 6 nitrogen and oxygen atoms in total. The summed E-state index contributed by atoms with van der Waals surface area (Å²) < 4.78 is 5.31. The predicted octanol–water partition coefficient (Wildman–Crippen LogP) is 2.81. The van der Waals surface area contributed by atoms with E-state index >= 15 is 0 Å². The van der Waals surface area contributed by atoms with Gasteiger partial charge in [-0.15, -0.1) is 0 Å². The summed E-state index contributed by atoms with van der Waals surface area (Å²) in [6, 6.07) is 8.10. The number of benzene rings is 1. The Balaban J connectivity index is 1.52. The topological polar surface area (TPSA) is 70.4 Å². The molecule has 0 spiro atoms. The zero-order valence-corrected chi connectivity index (χ0v) is 13.8. The third-order valence-electron chi connectivity index (χ3n) is 4.17. The molecule has 1 amide bonds. The van der Waals surface area contributed by atoms with E-state index in [4.69, 9.17) is 4.42 Å². The van der Waals surface area contributed by atoms with Crippen molar-refractivity contribution in [2.24, 2.45) is 0 Å². The number of nitrogens with zero attached hydrogens (tertiary/aromatic N) is 2. The molecule has 0 radical (unpaired) electrons. The summed E-state index contributed by atoms with van der Waals surface area (Å²) in [5.74, 6) is 0.758. The lowest BCUT2D eigenvalue weighted by molar-refractivity contribution is -0.120. The summed E-state index contributed by atoms with van der Waals surface area (Å²) in [7, 11) is 0. The molecule has 1 aromatic heterocycles. The molecular weight excluding hydrogens is 316 g/mol. The largest absolute Gasteiger partial charge is 0.444 e. The van der Waals surface area contributed by atoms with Gasteiger partial charge in [0.15, 0.2) is 12.2 Å². The fourth-order valence-corrected chi connectivity index (χ4v) is 2.82. The van der Waals surface area contributed by atoms with Crippen LogP contribution >= 0.6 is 0 Å². The minimum absolute atomic E-state index is 0.00807. The maximum atomic E-state index is 11.5. The molecule has 6 heteroatoms. The number of rotatable bonds is 4. The van der Waals surface area contributed by atoms with Crippen molar-refractivity contribution in [1.82, 2.24) is 20.5 Å². The van der Waals surface area contributed by atoms with E-state index in [1.54, 1.807) is 6.20 Å². The van der Waals surface area contributed by atoms with Crippen molar-refractivity contribution in [2.75, 3.05) is 0 Å². The van der Waals surface area contributed by atoms with Crippen molar-refractivity contribution in [3.05, 3.63) is 72.7 Å². The minimum Gasteiger partial charge on any atom is -0.444 e. The Labute approximate surface area is 145 Å². The van der Waals surface area contributed by atoms with Gasteiger partial charge in [-0.2, -0.15) is 0 Å². The van der Waals surface area contributed by atoms with Crippen LogP contribution in [-0.2, 0) is 4.79 Å². The van der Waals surface area contributed by atoms with Gasteiger partial charge in [-0.05, 0) is 17.7 Å². The predicted molar refractivity (Wildman–Crippen MR) is 94.3 cm³/mol. The van der Waals surface area contributed by atoms with Crippen LogP contribution in [0.1, 0.15) is 18.9 Å². The van der Waals surface area contributed by atoms with Gasteiger partial charge in [-0.3, -0.25) is 4.79 Å². The molecule has 3 heterocycles. The number of carbonyl (C=O) groups is 1. The van der Waals surface area contributed by atoms with Gasteiger partial charge in [-0.1, -0.05) is 31.2 Å². The fourth-order valence-electron chi connectivity index (χ4n) is 2.82. The number of aromatic nitrogens is 1. The first-order chi connectivity index (χ1) is 12.2. The molecule has 0 bridgehead atoms. The molecule has 0 saturated heterocycles. The Morgan fingerprint density at radius 2 is 2.08 bits per heavy atom. The summed E-state index contributed by atoms with van der Waals surface area (Å²) in [5.41, 5.74) is 3.89. The van der Waals surface area contributed by atoms with E-state index in [1.165, 1.54) is 6.39 Å². The van der Waals surface area contributed by atoms with Gasteiger partial charge in [0.1, 0.15) is 6.17 Å². The van der Waals surface area contributed by atoms with Gasteiger partial charge in [0.05, 0.1) is 17.6 Å². The molecule has 2 N–H and O–H groups in total. The molecule has 0 aliphatic carbocycles. The van der Waals surface area contributed by atoms with E-state index in [-0.39, 0.29) is 12.1 Å². The number of hydrogen-bond donors (Lipinski definition) is 2. The highest BCUT2D eigenvalue weighted by Gasteiger charge is 2.24. The van der Waals surface area contributed by atoms with Gasteiger partial charge < -0.3 is 20.0 Å². The van der Waals surface area contributed by atoms with Crippen LogP contribution in [0.15, 0.2) is 71.5 Å². The van der Waals surface area contributed by atoms with E-state index in [0.29, 0.717) is 6.42 Å². The number of nitrogens with one attached hydrogen (secondary N) is 2. The Morgan fingerprint density at radius 3 is 2.80 bits per heavy atom. The molecule has 0 saturated carbocycles. The number of oxazole rings is 1. The normalized spacial score (nSPS) is 18.3. The zero-order chi connectivity index (χ0) is 17.2. The molecule has 1 aromatic carbocycles. The first-order valence-corrected chi connectivity index (χ1v) is 8.18. The van der Waals surface area contributed by atoms with E-state index in [1.807, 2.05) is 60.6 Å². The first kappa shape index (κ1) is 15.3. The summed E-state index contributed by atoms with van der Waals surface area (Å²) in [5, 5.41) is 6.34. The highest BCUT2D eigenvalue weighted by molar-refractivity contribution is 5.78. The van der Waals surface area contributed by atoms with Crippen LogP contribution in [0.3, 0.4) is 0 Å². The second-order valence-corrected chi connectivity index (χ2v) is 5.87. The van der Waals surface area contributed by atoms with Crippen LogP contribution in [0, 0.1) is 0 Å². The van der Waals surface area contributed by atoms with E-state index in [9.17, 15) is 4.79 Å². The van der Waals surface area contributed by atoms with Crippen LogP contribution in [0.2, 0.25) is 0 Å². The van der Waals surface area contributed by atoms with Crippen molar-refractivity contribution in [1.29, 1.82) is 0 Å². The van der Waals surface area contributed by atoms with Gasteiger partial charge in [0, 0.05) is 24.4 Å². The maximum absolute atomic E-state index is 11.5. The summed E-state index contributed by atoms with van der Waals surface area (Å²) in [6.07, 6.45) is 11.6. The molecule has 126 valence electrons. The summed E-state index contributed by atoms with van der Waals surface area (Å²) in [6.45, 7) is 1.84. The number of amides is 1. The van der Waals surface area contributed by atoms with Crippen LogP contribution in [0.25, 0.3) is 17.0 Å². The standard InChI is InChI=1S/C19H18N4O2/c1-2-19(24)21-15-7-8-18-22-16(11-23(18)10-15)13-3-5-14(6-4-13)17-9-20-12-25-17/h3-12,18,22H,2H2,1H3,(H,21,24). The fraction of sp³-hybridized carbons (Fsp3) is 0.158. The molecule has 1 atom stereocenters. The van der Waals surface area contributed by atoms with E-state index < -0.39 is 0 Å². The average Bonchev–Trinajstić information content (AvgIpc) is 3.31. The SMILES string of the molecule is CCC(=O)NC1=CN2C=C(c3ccc(-c4cnco4)cc3)NC2C=C1. The molecule has 0 fully saturated rings. The molecular formula is C19H18N4O2. The van der Waals surface area contributed by atoms with Gasteiger partial charge in [0.25, 0.3) is 0 Å². The van der Waals surface area contributed by atoms with Crippen molar-refractivity contribution >= 4 is 11.6 Å². The Bertz CT molecular complexity index is 863. The summed E-state index contributed by atoms with van der Waals surface area (Å²) >= 11 is 0. The molecule has 2 aromatic rings. The highest BCUT2D eigenvalue weighted by Crippen LogP contribution is 2.26. The smallest absolute Gasteiger partial charge is 0.224 e. The third kappa shape index (κ3) is 3.06. The van der Waals surface area contributed by atoms with Crippen LogP contribution < -0.4 is 10.6 Å². The highest BCUT2D eigenvalue weighted by atomic mass is 16.3. The number of allylic oxidation sites excluding steroid dienone is 1. The van der Waals surface area contributed by atoms with Crippen molar-refractivity contribution in [3.8, 4) is 11.3 Å². The van der Waals surface area contributed by atoms with Gasteiger partial charge in [0.2, 0.25) is 5.91 Å². The third-order valence-corrected chi connectivity index (χ3v) is 4.17. The zero-order valence-electron chi connectivity index (χ0n) is 13.8. The lowest BCUT2D eigenvalue weighted by atomic mass is 10.1. The van der Waals surface area contributed by atoms with Gasteiger partial charge >= 0.3 is 0 Å². The van der Waals surface area contributed by atoms with Crippen molar-refractivity contribution in [3.63, 3.8) is 0 Å². The second kappa shape index (κ2) is 6.32. The average molecular weight is 334 g/mol. The molecule has 1 unspecified atom stereocenters. The lowest BCUT2D eigenvalue weighted by Gasteiger charge is -2.24. The van der Waals surface area contributed by atoms with Crippen LogP contribution in [0.5, 0.6) is 0 Å². The second-order valence-electron chi connectivity index (χ2n) is 5.87. The lowest BCUT2D eigenvalue weighted by Crippen LogP contribution is -2.35. The van der Waals surface area contributed by atoms with E-state index in [0.717, 1.165) is 28.3 Å². The summed E-state index contributed by atoms with van der Waals surface area (Å²) in [4.78, 5) is 17.5. The van der Waals surface area contributed by atoms with Gasteiger partial charge in [-0.25, -0.2) is 4.98 Å². The molecule has 25 heavy (non-hydrogen) atoms. The number of carbonyl (C=O) groups excluding carboxylic acids is 1. The minimum atomic E-state index is 0.00807. The Hall–Kier alpha value is -3.28. The molecule has 2 aliphatic heterocycles. The molecule has 2 aliphatic rings. The van der Waals surface area contributed by atoms with Crippen LogP contribution in [-0.4, -0.2) is 22.0 Å². The van der Waals surface area contributed by atoms with Crippen LogP contribution in [0.4, 0.5) is 0 Å². The first-order valence-electron chi connectivity index (χ1n) is 8.18.